The van der Waals surface area contributed by atoms with Gasteiger partial charge in [-0.15, -0.1) is 0 Å². The van der Waals surface area contributed by atoms with E-state index in [4.69, 9.17) is 17.3 Å². The largest absolute Gasteiger partial charge is 0.326 e. The van der Waals surface area contributed by atoms with E-state index < -0.39 is 0 Å². The predicted molar refractivity (Wildman–Crippen MR) is 65.4 cm³/mol. The maximum absolute atomic E-state index is 13.6. The van der Waals surface area contributed by atoms with Crippen LogP contribution in [0.15, 0.2) is 24.4 Å². The second-order valence-electron chi connectivity index (χ2n) is 3.84. The molecule has 0 radical (unpaired) electrons. The lowest BCUT2D eigenvalue weighted by atomic mass is 10.2. The molecule has 17 heavy (non-hydrogen) atoms. The van der Waals surface area contributed by atoms with Crippen molar-refractivity contribution in [3.63, 3.8) is 0 Å². The van der Waals surface area contributed by atoms with Gasteiger partial charge in [-0.1, -0.05) is 17.7 Å². The van der Waals surface area contributed by atoms with Crippen molar-refractivity contribution in [2.75, 3.05) is 0 Å². The van der Waals surface area contributed by atoms with Crippen molar-refractivity contribution in [1.82, 2.24) is 9.78 Å². The van der Waals surface area contributed by atoms with Crippen molar-refractivity contribution in [2.45, 2.75) is 20.0 Å². The Morgan fingerprint density at radius 1 is 1.47 bits per heavy atom. The fourth-order valence-electron chi connectivity index (χ4n) is 1.69. The zero-order valence-electron chi connectivity index (χ0n) is 9.45. The molecule has 1 aromatic heterocycles. The average Bonchev–Trinajstić information content (AvgIpc) is 2.64. The Balaban J connectivity index is 2.31. The van der Waals surface area contributed by atoms with Gasteiger partial charge in [0, 0.05) is 28.9 Å². The normalized spacial score (nSPS) is 10.8. The van der Waals surface area contributed by atoms with Crippen molar-refractivity contribution in [3.8, 4) is 0 Å². The summed E-state index contributed by atoms with van der Waals surface area (Å²) in [5.41, 5.74) is 7.83. The van der Waals surface area contributed by atoms with Gasteiger partial charge in [-0.25, -0.2) is 4.39 Å². The minimum Gasteiger partial charge on any atom is -0.326 e. The van der Waals surface area contributed by atoms with E-state index in [0.29, 0.717) is 23.7 Å². The number of aromatic nitrogens is 2. The summed E-state index contributed by atoms with van der Waals surface area (Å²) >= 11 is 5.95. The standard InChI is InChI=1S/C12H13ClFN3/c1-8-9(5-15)6-17(16-8)7-10-11(13)3-2-4-12(10)14/h2-4,6H,5,7,15H2,1H3. The number of rotatable bonds is 3. The molecular weight excluding hydrogens is 241 g/mol. The molecular formula is C12H13ClFN3. The van der Waals surface area contributed by atoms with E-state index in [1.165, 1.54) is 6.07 Å². The number of aryl methyl sites for hydroxylation is 1. The van der Waals surface area contributed by atoms with Crippen LogP contribution in [0, 0.1) is 12.7 Å². The van der Waals surface area contributed by atoms with E-state index in [9.17, 15) is 4.39 Å². The molecule has 0 amide bonds. The summed E-state index contributed by atoms with van der Waals surface area (Å²) in [6.07, 6.45) is 1.82. The topological polar surface area (TPSA) is 43.8 Å². The zero-order chi connectivity index (χ0) is 12.4. The van der Waals surface area contributed by atoms with Crippen LogP contribution in [0.25, 0.3) is 0 Å². The smallest absolute Gasteiger partial charge is 0.129 e. The minimum absolute atomic E-state index is 0.312. The van der Waals surface area contributed by atoms with Gasteiger partial charge in [0.1, 0.15) is 5.82 Å². The summed E-state index contributed by atoms with van der Waals surface area (Å²) in [6.45, 7) is 2.62. The second kappa shape index (κ2) is 4.85. The molecule has 0 saturated carbocycles. The molecule has 0 bridgehead atoms. The molecule has 2 N–H and O–H groups in total. The van der Waals surface area contributed by atoms with Gasteiger partial charge in [-0.3, -0.25) is 4.68 Å². The van der Waals surface area contributed by atoms with Crippen molar-refractivity contribution >= 4 is 11.6 Å². The SMILES string of the molecule is Cc1nn(Cc2c(F)cccc2Cl)cc1CN. The highest BCUT2D eigenvalue weighted by molar-refractivity contribution is 6.31. The fourth-order valence-corrected chi connectivity index (χ4v) is 1.91. The van der Waals surface area contributed by atoms with E-state index in [1.807, 2.05) is 13.1 Å². The summed E-state index contributed by atoms with van der Waals surface area (Å²) in [5.74, 6) is -0.319. The Morgan fingerprint density at radius 3 is 2.82 bits per heavy atom. The van der Waals surface area contributed by atoms with Crippen LogP contribution in [0.4, 0.5) is 4.39 Å². The van der Waals surface area contributed by atoms with Crippen molar-refractivity contribution in [2.24, 2.45) is 5.73 Å². The van der Waals surface area contributed by atoms with Gasteiger partial charge in [0.25, 0.3) is 0 Å². The third-order valence-corrected chi connectivity index (χ3v) is 3.00. The fraction of sp³-hybridized carbons (Fsp3) is 0.250. The van der Waals surface area contributed by atoms with Gasteiger partial charge >= 0.3 is 0 Å². The first kappa shape index (κ1) is 12.1. The highest BCUT2D eigenvalue weighted by Gasteiger charge is 2.09. The van der Waals surface area contributed by atoms with E-state index >= 15 is 0 Å². The Kier molecular flexibility index (Phi) is 3.45. The number of nitrogens with two attached hydrogens (primary N) is 1. The van der Waals surface area contributed by atoms with Crippen LogP contribution in [0.3, 0.4) is 0 Å². The molecule has 5 heteroatoms. The first-order chi connectivity index (χ1) is 8.11. The molecule has 3 nitrogen and oxygen atoms in total. The van der Waals surface area contributed by atoms with Crippen molar-refractivity contribution < 1.29 is 4.39 Å². The molecule has 0 aliphatic rings. The molecule has 0 atom stereocenters. The van der Waals surface area contributed by atoms with Gasteiger partial charge in [-0.2, -0.15) is 5.10 Å². The zero-order valence-corrected chi connectivity index (χ0v) is 10.2. The first-order valence-corrected chi connectivity index (χ1v) is 5.65. The third kappa shape index (κ3) is 2.48. The summed E-state index contributed by atoms with van der Waals surface area (Å²) in [7, 11) is 0. The molecule has 0 spiro atoms. The van der Waals surface area contributed by atoms with Crippen LogP contribution < -0.4 is 5.73 Å². The molecule has 2 aromatic rings. The van der Waals surface area contributed by atoms with Gasteiger partial charge in [-0.05, 0) is 19.1 Å². The number of nitrogens with zero attached hydrogens (tertiary/aromatic N) is 2. The summed E-state index contributed by atoms with van der Waals surface area (Å²) in [5, 5.41) is 4.68. The quantitative estimate of drug-likeness (QED) is 0.913. The van der Waals surface area contributed by atoms with E-state index in [0.717, 1.165) is 11.3 Å². The summed E-state index contributed by atoms with van der Waals surface area (Å²) in [6, 6.07) is 4.64. The number of hydrogen-bond donors (Lipinski definition) is 1. The minimum atomic E-state index is -0.319. The van der Waals surface area contributed by atoms with Crippen LogP contribution in [-0.4, -0.2) is 9.78 Å². The molecule has 0 fully saturated rings. The summed E-state index contributed by atoms with van der Waals surface area (Å²) < 4.78 is 15.2. The van der Waals surface area contributed by atoms with E-state index in [-0.39, 0.29) is 5.82 Å². The molecule has 1 heterocycles. The lowest BCUT2D eigenvalue weighted by Gasteiger charge is -2.05. The lowest BCUT2D eigenvalue weighted by Crippen LogP contribution is -2.03. The monoisotopic (exact) mass is 253 g/mol. The first-order valence-electron chi connectivity index (χ1n) is 5.27. The number of halogens is 2. The maximum atomic E-state index is 13.6. The average molecular weight is 254 g/mol. The Hall–Kier alpha value is -1.39. The van der Waals surface area contributed by atoms with Crippen LogP contribution in [0.5, 0.6) is 0 Å². The molecule has 0 unspecified atom stereocenters. The predicted octanol–water partition coefficient (Wildman–Crippen LogP) is 2.49. The third-order valence-electron chi connectivity index (χ3n) is 2.65. The van der Waals surface area contributed by atoms with Crippen LogP contribution in [-0.2, 0) is 13.1 Å². The van der Waals surface area contributed by atoms with Gasteiger partial charge in [0.05, 0.1) is 12.2 Å². The Labute approximate surface area is 104 Å². The van der Waals surface area contributed by atoms with Crippen LogP contribution in [0.2, 0.25) is 5.02 Å². The Bertz CT molecular complexity index is 516. The van der Waals surface area contributed by atoms with Gasteiger partial charge in [0.15, 0.2) is 0 Å². The molecule has 0 aliphatic heterocycles. The van der Waals surface area contributed by atoms with Gasteiger partial charge in [0.2, 0.25) is 0 Å². The molecule has 0 aliphatic carbocycles. The summed E-state index contributed by atoms with van der Waals surface area (Å²) in [4.78, 5) is 0. The Morgan fingerprint density at radius 2 is 2.24 bits per heavy atom. The van der Waals surface area contributed by atoms with E-state index in [1.54, 1.807) is 16.8 Å². The van der Waals surface area contributed by atoms with Gasteiger partial charge < -0.3 is 5.73 Å². The number of hydrogen-bond acceptors (Lipinski definition) is 2. The molecule has 2 rings (SSSR count). The molecule has 0 saturated heterocycles. The highest BCUT2D eigenvalue weighted by atomic mass is 35.5. The highest BCUT2D eigenvalue weighted by Crippen LogP contribution is 2.20. The van der Waals surface area contributed by atoms with Crippen LogP contribution in [0.1, 0.15) is 16.8 Å². The van der Waals surface area contributed by atoms with E-state index in [2.05, 4.69) is 5.10 Å². The van der Waals surface area contributed by atoms with Crippen LogP contribution >= 0.6 is 11.6 Å². The lowest BCUT2D eigenvalue weighted by molar-refractivity contribution is 0.584. The molecule has 1 aromatic carbocycles. The molecule has 90 valence electrons. The second-order valence-corrected chi connectivity index (χ2v) is 4.25. The maximum Gasteiger partial charge on any atom is 0.129 e. The van der Waals surface area contributed by atoms with Crippen molar-refractivity contribution in [3.05, 3.63) is 52.1 Å². The van der Waals surface area contributed by atoms with Crippen molar-refractivity contribution in [1.29, 1.82) is 0 Å². The number of benzene rings is 1.